The lowest BCUT2D eigenvalue weighted by Gasteiger charge is -2.10. The van der Waals surface area contributed by atoms with Crippen LogP contribution in [0.5, 0.6) is 0 Å². The molecule has 0 atom stereocenters. The van der Waals surface area contributed by atoms with E-state index in [1.807, 2.05) is 0 Å². The second-order valence-corrected chi connectivity index (χ2v) is 8.53. The number of sulfonamides is 1. The van der Waals surface area contributed by atoms with Gasteiger partial charge < -0.3 is 9.73 Å². The van der Waals surface area contributed by atoms with Gasteiger partial charge in [-0.2, -0.15) is 0 Å². The lowest BCUT2D eigenvalue weighted by atomic mass is 10.1. The third kappa shape index (κ3) is 5.32. The minimum absolute atomic E-state index is 0.0534. The van der Waals surface area contributed by atoms with E-state index < -0.39 is 10.0 Å². The molecule has 3 rings (SSSR count). The fourth-order valence-electron chi connectivity index (χ4n) is 3.05. The van der Waals surface area contributed by atoms with Crippen molar-refractivity contribution in [1.29, 1.82) is 0 Å². The minimum Gasteiger partial charge on any atom is -0.466 e. The number of nitrogens with zero attached hydrogens (tertiary/aromatic N) is 1. The maximum Gasteiger partial charge on any atom is 0.262 e. The Balaban J connectivity index is 1.61. The number of hydrogen-bond donors (Lipinski definition) is 2. The molecule has 154 valence electrons. The molecule has 0 saturated carbocycles. The van der Waals surface area contributed by atoms with Gasteiger partial charge in [0.1, 0.15) is 17.4 Å². The van der Waals surface area contributed by atoms with Crippen molar-refractivity contribution in [1.82, 2.24) is 4.72 Å². The van der Waals surface area contributed by atoms with Crippen molar-refractivity contribution >= 4 is 33.2 Å². The van der Waals surface area contributed by atoms with Crippen LogP contribution < -0.4 is 10.0 Å². The van der Waals surface area contributed by atoms with Crippen LogP contribution in [0.15, 0.2) is 44.6 Å². The quantitative estimate of drug-likeness (QED) is 0.672. The highest BCUT2D eigenvalue weighted by Gasteiger charge is 2.19. The Labute approximate surface area is 169 Å². The molecule has 1 aromatic carbocycles. The summed E-state index contributed by atoms with van der Waals surface area (Å²) in [5.41, 5.74) is 0.893. The SMILES string of the molecule is CC(=O)c1cc(CCC(=O)Nc2cccc(S(=O)(=O)NC3=NCCC3)c2)oc1C. The molecule has 0 saturated heterocycles. The summed E-state index contributed by atoms with van der Waals surface area (Å²) >= 11 is 0. The molecule has 1 aliphatic heterocycles. The molecule has 29 heavy (non-hydrogen) atoms. The van der Waals surface area contributed by atoms with Gasteiger partial charge in [0.05, 0.1) is 10.5 Å². The van der Waals surface area contributed by atoms with Gasteiger partial charge in [0.2, 0.25) is 5.91 Å². The van der Waals surface area contributed by atoms with Gasteiger partial charge in [0.15, 0.2) is 5.78 Å². The first-order valence-corrected chi connectivity index (χ1v) is 10.8. The number of rotatable bonds is 7. The van der Waals surface area contributed by atoms with E-state index in [1.54, 1.807) is 25.1 Å². The number of amides is 1. The Morgan fingerprint density at radius 3 is 2.69 bits per heavy atom. The highest BCUT2D eigenvalue weighted by Crippen LogP contribution is 2.19. The predicted molar refractivity (Wildman–Crippen MR) is 109 cm³/mol. The summed E-state index contributed by atoms with van der Waals surface area (Å²) in [6.45, 7) is 3.79. The molecule has 9 heteroatoms. The van der Waals surface area contributed by atoms with Crippen LogP contribution in [0.1, 0.15) is 48.1 Å². The van der Waals surface area contributed by atoms with E-state index in [-0.39, 0.29) is 23.0 Å². The monoisotopic (exact) mass is 417 g/mol. The van der Waals surface area contributed by atoms with E-state index in [0.717, 1.165) is 6.42 Å². The van der Waals surface area contributed by atoms with E-state index in [9.17, 15) is 18.0 Å². The Morgan fingerprint density at radius 1 is 1.24 bits per heavy atom. The van der Waals surface area contributed by atoms with Crippen LogP contribution in [-0.2, 0) is 21.2 Å². The molecule has 8 nitrogen and oxygen atoms in total. The number of Topliss-reactive ketones (excluding diaryl/α,β-unsaturated/α-hetero) is 1. The number of anilines is 1. The van der Waals surface area contributed by atoms with Crippen molar-refractivity contribution in [2.24, 2.45) is 4.99 Å². The van der Waals surface area contributed by atoms with Crippen LogP contribution in [0.25, 0.3) is 0 Å². The summed E-state index contributed by atoms with van der Waals surface area (Å²) in [4.78, 5) is 27.9. The zero-order valence-corrected chi connectivity index (χ0v) is 17.1. The average molecular weight is 417 g/mol. The Hall–Kier alpha value is -2.94. The van der Waals surface area contributed by atoms with Gasteiger partial charge in [-0.1, -0.05) is 6.07 Å². The number of aliphatic imine (C=N–C) groups is 1. The summed E-state index contributed by atoms with van der Waals surface area (Å²) < 4.78 is 33.0. The standard InChI is InChI=1S/C20H23N3O5S/c1-13(24)18-12-16(28-14(18)2)8-9-20(25)22-15-5-3-6-17(11-15)29(26,27)23-19-7-4-10-21-19/h3,5-6,11-12H,4,7-10H2,1-2H3,(H,21,23)(H,22,25). The second kappa shape index (κ2) is 8.60. The lowest BCUT2D eigenvalue weighted by molar-refractivity contribution is -0.116. The molecule has 0 spiro atoms. The van der Waals surface area contributed by atoms with Crippen LogP contribution in [0.3, 0.4) is 0 Å². The summed E-state index contributed by atoms with van der Waals surface area (Å²) in [7, 11) is -3.75. The Morgan fingerprint density at radius 2 is 2.03 bits per heavy atom. The van der Waals surface area contributed by atoms with Crippen LogP contribution >= 0.6 is 0 Å². The molecule has 1 amide bonds. The number of furan rings is 1. The third-order valence-corrected chi connectivity index (χ3v) is 5.88. The summed E-state index contributed by atoms with van der Waals surface area (Å²) in [5.74, 6) is 1.17. The third-order valence-electron chi connectivity index (χ3n) is 4.50. The first kappa shape index (κ1) is 20.8. The number of nitrogens with one attached hydrogen (secondary N) is 2. The zero-order valence-electron chi connectivity index (χ0n) is 16.3. The fourth-order valence-corrected chi connectivity index (χ4v) is 4.19. The molecule has 0 aliphatic carbocycles. The van der Waals surface area contributed by atoms with Crippen LogP contribution in [0, 0.1) is 6.92 Å². The zero-order chi connectivity index (χ0) is 21.0. The largest absolute Gasteiger partial charge is 0.466 e. The average Bonchev–Trinajstić information content (AvgIpc) is 3.29. The molecule has 0 radical (unpaired) electrons. The van der Waals surface area contributed by atoms with Crippen molar-refractivity contribution in [3.63, 3.8) is 0 Å². The number of hydrogen-bond acceptors (Lipinski definition) is 6. The van der Waals surface area contributed by atoms with Crippen molar-refractivity contribution in [2.45, 2.75) is 44.4 Å². The minimum atomic E-state index is -3.75. The number of amidine groups is 1. The molecular weight excluding hydrogens is 394 g/mol. The molecule has 2 aromatic rings. The maximum absolute atomic E-state index is 12.5. The number of carbonyl (C=O) groups is 2. The van der Waals surface area contributed by atoms with Crippen molar-refractivity contribution in [3.8, 4) is 0 Å². The summed E-state index contributed by atoms with van der Waals surface area (Å²) in [5, 5.41) is 2.69. The lowest BCUT2D eigenvalue weighted by Crippen LogP contribution is -2.29. The highest BCUT2D eigenvalue weighted by atomic mass is 32.2. The van der Waals surface area contributed by atoms with Gasteiger partial charge in [0.25, 0.3) is 10.0 Å². The van der Waals surface area contributed by atoms with Crippen molar-refractivity contribution in [3.05, 3.63) is 47.4 Å². The number of ketones is 1. The molecule has 0 bridgehead atoms. The van der Waals surface area contributed by atoms with Crippen LogP contribution in [0.2, 0.25) is 0 Å². The molecular formula is C20H23N3O5S. The Kier molecular flexibility index (Phi) is 6.17. The van der Waals surface area contributed by atoms with E-state index in [2.05, 4.69) is 15.0 Å². The van der Waals surface area contributed by atoms with Crippen molar-refractivity contribution in [2.75, 3.05) is 11.9 Å². The molecule has 0 unspecified atom stereocenters. The number of benzene rings is 1. The van der Waals surface area contributed by atoms with E-state index >= 15 is 0 Å². The van der Waals surface area contributed by atoms with Crippen LogP contribution in [0.4, 0.5) is 5.69 Å². The molecule has 1 aliphatic rings. The van der Waals surface area contributed by atoms with Gasteiger partial charge in [-0.25, -0.2) is 8.42 Å². The fraction of sp³-hybridized carbons (Fsp3) is 0.350. The Bertz CT molecular complexity index is 1070. The van der Waals surface area contributed by atoms with Crippen LogP contribution in [-0.4, -0.2) is 32.5 Å². The van der Waals surface area contributed by atoms with E-state index in [4.69, 9.17) is 4.42 Å². The second-order valence-electron chi connectivity index (χ2n) is 6.85. The molecule has 2 N–H and O–H groups in total. The van der Waals surface area contributed by atoms with Gasteiger partial charge in [-0.05, 0) is 44.5 Å². The topological polar surface area (TPSA) is 118 Å². The first-order chi connectivity index (χ1) is 13.7. The molecule has 2 heterocycles. The predicted octanol–water partition coefficient (Wildman–Crippen LogP) is 2.83. The highest BCUT2D eigenvalue weighted by molar-refractivity contribution is 7.90. The first-order valence-electron chi connectivity index (χ1n) is 9.31. The number of carbonyl (C=O) groups excluding carboxylic acids is 2. The van der Waals surface area contributed by atoms with E-state index in [1.165, 1.54) is 19.1 Å². The van der Waals surface area contributed by atoms with Gasteiger partial charge in [-0.15, -0.1) is 0 Å². The molecule has 1 aromatic heterocycles. The van der Waals surface area contributed by atoms with Gasteiger partial charge in [0, 0.05) is 31.5 Å². The normalized spacial score (nSPS) is 13.8. The smallest absolute Gasteiger partial charge is 0.262 e. The van der Waals surface area contributed by atoms with Crippen molar-refractivity contribution < 1.29 is 22.4 Å². The van der Waals surface area contributed by atoms with Gasteiger partial charge in [-0.3, -0.25) is 19.3 Å². The molecule has 0 fully saturated rings. The van der Waals surface area contributed by atoms with Gasteiger partial charge >= 0.3 is 0 Å². The number of aryl methyl sites for hydroxylation is 2. The maximum atomic E-state index is 12.5. The summed E-state index contributed by atoms with van der Waals surface area (Å²) in [6, 6.07) is 7.70. The van der Waals surface area contributed by atoms with E-state index in [0.29, 0.717) is 48.0 Å². The summed E-state index contributed by atoms with van der Waals surface area (Å²) in [6.07, 6.45) is 1.90.